The summed E-state index contributed by atoms with van der Waals surface area (Å²) in [5.41, 5.74) is 0. The molecule has 8 heteroatoms. The largest absolute Gasteiger partial charge is 0.357 e. The molecule has 0 amide bonds. The Kier molecular flexibility index (Phi) is 12.1. The summed E-state index contributed by atoms with van der Waals surface area (Å²) in [7, 11) is -0.862. The van der Waals surface area contributed by atoms with Gasteiger partial charge in [-0.2, -0.15) is 0 Å². The molecule has 1 aromatic rings. The van der Waals surface area contributed by atoms with Gasteiger partial charge in [-0.1, -0.05) is 6.92 Å². The van der Waals surface area contributed by atoms with Crippen molar-refractivity contribution in [3.05, 3.63) is 16.1 Å². The zero-order chi connectivity index (χ0) is 17.3. The number of thiazole rings is 1. The van der Waals surface area contributed by atoms with Crippen molar-refractivity contribution in [2.24, 2.45) is 4.99 Å². The summed E-state index contributed by atoms with van der Waals surface area (Å²) in [5, 5.41) is 7.69. The van der Waals surface area contributed by atoms with Gasteiger partial charge < -0.3 is 10.6 Å². The van der Waals surface area contributed by atoms with E-state index >= 15 is 0 Å². The van der Waals surface area contributed by atoms with Crippen molar-refractivity contribution in [3.8, 4) is 0 Å². The second kappa shape index (κ2) is 12.2. The van der Waals surface area contributed by atoms with E-state index in [0.717, 1.165) is 36.9 Å². The molecule has 2 N–H and O–H groups in total. The van der Waals surface area contributed by atoms with Crippen LogP contribution < -0.4 is 10.6 Å². The van der Waals surface area contributed by atoms with Crippen LogP contribution in [0.25, 0.3) is 0 Å². The molecule has 0 aliphatic rings. The van der Waals surface area contributed by atoms with E-state index in [1.165, 1.54) is 4.88 Å². The summed E-state index contributed by atoms with van der Waals surface area (Å²) in [6, 6.07) is 0. The van der Waals surface area contributed by atoms with E-state index in [4.69, 9.17) is 0 Å². The predicted octanol–water partition coefficient (Wildman–Crippen LogP) is 2.97. The zero-order valence-electron chi connectivity index (χ0n) is 15.3. The molecular weight excluding hydrogens is 455 g/mol. The third-order valence-electron chi connectivity index (χ3n) is 3.16. The Balaban J connectivity index is 0.00000529. The first-order valence-corrected chi connectivity index (χ1v) is 10.3. The summed E-state index contributed by atoms with van der Waals surface area (Å²) in [6.45, 7) is 12.3. The first-order chi connectivity index (χ1) is 10.9. The molecule has 0 aliphatic carbocycles. The smallest absolute Gasteiger partial charge is 0.191 e. The molecule has 1 unspecified atom stereocenters. The van der Waals surface area contributed by atoms with E-state index in [-0.39, 0.29) is 28.7 Å². The normalized spacial score (nSPS) is 13.3. The Morgan fingerprint density at radius 2 is 2.04 bits per heavy atom. The van der Waals surface area contributed by atoms with Gasteiger partial charge in [0.25, 0.3) is 0 Å². The summed E-state index contributed by atoms with van der Waals surface area (Å²) in [5.74, 6) is 1.37. The quantitative estimate of drug-likeness (QED) is 0.337. The molecule has 0 fully saturated rings. The molecule has 0 spiro atoms. The highest BCUT2D eigenvalue weighted by molar-refractivity contribution is 14.0. The fourth-order valence-electron chi connectivity index (χ4n) is 1.80. The maximum absolute atomic E-state index is 12.0. The lowest BCUT2D eigenvalue weighted by Gasteiger charge is -2.17. The number of halogens is 1. The average Bonchev–Trinajstić information content (AvgIpc) is 2.94. The highest BCUT2D eigenvalue weighted by atomic mass is 127. The van der Waals surface area contributed by atoms with Crippen LogP contribution >= 0.6 is 35.3 Å². The maximum atomic E-state index is 12.0. The second-order valence-electron chi connectivity index (χ2n) is 6.17. The topological polar surface area (TPSA) is 66.4 Å². The van der Waals surface area contributed by atoms with Crippen molar-refractivity contribution < 1.29 is 4.21 Å². The molecule has 0 bridgehead atoms. The molecule has 1 aromatic heterocycles. The zero-order valence-corrected chi connectivity index (χ0v) is 19.3. The minimum absolute atomic E-state index is 0. The summed E-state index contributed by atoms with van der Waals surface area (Å²) >= 11 is 1.77. The van der Waals surface area contributed by atoms with Crippen LogP contribution in [0.1, 0.15) is 44.5 Å². The van der Waals surface area contributed by atoms with Gasteiger partial charge in [-0.05, 0) is 34.1 Å². The van der Waals surface area contributed by atoms with Crippen molar-refractivity contribution in [3.63, 3.8) is 0 Å². The van der Waals surface area contributed by atoms with Crippen LogP contribution in [-0.2, 0) is 23.6 Å². The minimum Gasteiger partial charge on any atom is -0.357 e. The second-order valence-corrected chi connectivity index (χ2v) is 9.70. The van der Waals surface area contributed by atoms with Crippen LogP contribution in [0.2, 0.25) is 0 Å². The molecule has 0 aromatic carbocycles. The third-order valence-corrected chi connectivity index (χ3v) is 6.28. The fourth-order valence-corrected chi connectivity index (χ4v) is 3.53. The van der Waals surface area contributed by atoms with Gasteiger partial charge in [0.05, 0.1) is 11.6 Å². The van der Waals surface area contributed by atoms with Gasteiger partial charge in [-0.25, -0.2) is 4.98 Å². The van der Waals surface area contributed by atoms with Crippen LogP contribution in [0.15, 0.2) is 11.2 Å². The molecule has 5 nitrogen and oxygen atoms in total. The van der Waals surface area contributed by atoms with Crippen LogP contribution in [0.3, 0.4) is 0 Å². The first kappa shape index (κ1) is 23.8. The van der Waals surface area contributed by atoms with Gasteiger partial charge in [-0.15, -0.1) is 35.3 Å². The number of aryl methyl sites for hydroxylation is 1. The highest BCUT2D eigenvalue weighted by Gasteiger charge is 2.18. The Morgan fingerprint density at radius 3 is 2.58 bits per heavy atom. The number of nitrogens with zero attached hydrogens (tertiary/aromatic N) is 2. The summed E-state index contributed by atoms with van der Waals surface area (Å²) < 4.78 is 11.9. The van der Waals surface area contributed by atoms with E-state index in [1.54, 1.807) is 11.3 Å². The number of aliphatic imine (C=N–C) groups is 1. The van der Waals surface area contributed by atoms with Crippen LogP contribution in [0.4, 0.5) is 0 Å². The van der Waals surface area contributed by atoms with E-state index in [9.17, 15) is 4.21 Å². The lowest BCUT2D eigenvalue weighted by atomic mass is 10.3. The lowest BCUT2D eigenvalue weighted by Crippen LogP contribution is -2.38. The van der Waals surface area contributed by atoms with Gasteiger partial charge in [0.1, 0.15) is 0 Å². The lowest BCUT2D eigenvalue weighted by molar-refractivity contribution is 0.648. The molecule has 1 atom stereocenters. The predicted molar refractivity (Wildman–Crippen MR) is 117 cm³/mol. The molecule has 0 saturated heterocycles. The maximum Gasteiger partial charge on any atom is 0.191 e. The van der Waals surface area contributed by atoms with Crippen molar-refractivity contribution in [2.75, 3.05) is 25.4 Å². The van der Waals surface area contributed by atoms with Crippen molar-refractivity contribution in [1.29, 1.82) is 0 Å². The molecule has 140 valence electrons. The number of guanidine groups is 1. The molecule has 0 aliphatic heterocycles. The molecular formula is C16H31IN4OS2. The average molecular weight is 486 g/mol. The number of hydrogen-bond donors (Lipinski definition) is 2. The van der Waals surface area contributed by atoms with E-state index < -0.39 is 10.8 Å². The molecule has 0 saturated carbocycles. The van der Waals surface area contributed by atoms with Crippen molar-refractivity contribution in [1.82, 2.24) is 15.6 Å². The Labute approximate surface area is 170 Å². The van der Waals surface area contributed by atoms with E-state index in [1.807, 2.05) is 33.9 Å². The molecule has 1 heterocycles. The molecule has 0 radical (unpaired) electrons. The van der Waals surface area contributed by atoms with Gasteiger partial charge in [-0.3, -0.25) is 9.20 Å². The van der Waals surface area contributed by atoms with Crippen LogP contribution in [-0.4, -0.2) is 45.3 Å². The minimum atomic E-state index is -0.862. The summed E-state index contributed by atoms with van der Waals surface area (Å²) in [4.78, 5) is 10.2. The van der Waals surface area contributed by atoms with Gasteiger partial charge >= 0.3 is 0 Å². The van der Waals surface area contributed by atoms with Crippen LogP contribution in [0.5, 0.6) is 0 Å². The van der Waals surface area contributed by atoms with Gasteiger partial charge in [0, 0.05) is 51.9 Å². The number of aromatic nitrogens is 1. The monoisotopic (exact) mass is 486 g/mol. The molecule has 24 heavy (non-hydrogen) atoms. The number of rotatable bonds is 8. The number of nitrogens with one attached hydrogen (secondary N) is 2. The van der Waals surface area contributed by atoms with Crippen molar-refractivity contribution >= 4 is 52.1 Å². The third kappa shape index (κ3) is 9.31. The van der Waals surface area contributed by atoms with Crippen LogP contribution in [0, 0.1) is 0 Å². The first-order valence-electron chi connectivity index (χ1n) is 8.21. The van der Waals surface area contributed by atoms with Gasteiger partial charge in [0.15, 0.2) is 5.96 Å². The standard InChI is InChI=1S/C16H30N4OS2.HI/c1-6-13-12-20-14(22-13)8-9-18-15(17-7-2)19-10-11-23(21)16(3,4)5;/h12H,6-11H2,1-5H3,(H2,17,18,19);1H. The number of hydrogen-bond acceptors (Lipinski definition) is 4. The summed E-state index contributed by atoms with van der Waals surface area (Å²) in [6.07, 6.45) is 3.89. The SMILES string of the molecule is CCNC(=NCCS(=O)C(C)(C)C)NCCc1ncc(CC)s1.I. The molecule has 1 rings (SSSR count). The fraction of sp³-hybridized carbons (Fsp3) is 0.750. The highest BCUT2D eigenvalue weighted by Crippen LogP contribution is 2.13. The Hall–Kier alpha value is -0.220. The Morgan fingerprint density at radius 1 is 1.33 bits per heavy atom. The van der Waals surface area contributed by atoms with Crippen molar-refractivity contribution in [2.45, 2.75) is 52.2 Å². The Bertz CT molecular complexity index is 526. The van der Waals surface area contributed by atoms with Gasteiger partial charge in [0.2, 0.25) is 0 Å². The van der Waals surface area contributed by atoms with E-state index in [0.29, 0.717) is 12.3 Å². The van der Waals surface area contributed by atoms with E-state index in [2.05, 4.69) is 27.5 Å².